The van der Waals surface area contributed by atoms with Gasteiger partial charge in [0.15, 0.2) is 0 Å². The third-order valence-electron chi connectivity index (χ3n) is 2.71. The van der Waals surface area contributed by atoms with Gasteiger partial charge in [0.05, 0.1) is 6.42 Å². The Hall–Kier alpha value is -1.13. The van der Waals surface area contributed by atoms with Crippen molar-refractivity contribution < 1.29 is 4.79 Å². The van der Waals surface area contributed by atoms with Crippen molar-refractivity contribution in [1.82, 2.24) is 5.32 Å². The summed E-state index contributed by atoms with van der Waals surface area (Å²) in [6.07, 6.45) is 0.401. The second-order valence-electron chi connectivity index (χ2n) is 4.17. The lowest BCUT2D eigenvalue weighted by Gasteiger charge is -2.07. The van der Waals surface area contributed by atoms with E-state index in [0.717, 1.165) is 20.1 Å². The molecule has 0 heterocycles. The van der Waals surface area contributed by atoms with E-state index in [2.05, 4.69) is 37.2 Å². The first-order valence-corrected chi connectivity index (χ1v) is 7.48. The van der Waals surface area contributed by atoms with Gasteiger partial charge < -0.3 is 5.32 Å². The number of carbonyl (C=O) groups is 1. The van der Waals surface area contributed by atoms with E-state index in [4.69, 9.17) is 0 Å². The molecular weight excluding hydrogens is 370 g/mol. The van der Waals surface area contributed by atoms with Gasteiger partial charge in [-0.25, -0.2) is 0 Å². The normalized spacial score (nSPS) is 10.2. The molecule has 4 heteroatoms. The molecule has 2 aromatic carbocycles. The molecule has 0 saturated carbocycles. The molecule has 2 rings (SSSR count). The summed E-state index contributed by atoms with van der Waals surface area (Å²) in [7, 11) is 0. The third kappa shape index (κ3) is 4.48. The van der Waals surface area contributed by atoms with Crippen molar-refractivity contribution in [2.75, 3.05) is 0 Å². The largest absolute Gasteiger partial charge is 0.352 e. The maximum atomic E-state index is 11.8. The van der Waals surface area contributed by atoms with Crippen molar-refractivity contribution >= 4 is 37.8 Å². The summed E-state index contributed by atoms with van der Waals surface area (Å²) in [6, 6.07) is 15.6. The summed E-state index contributed by atoms with van der Waals surface area (Å²) in [6.45, 7) is 0.538. The fourth-order valence-corrected chi connectivity index (χ4v) is 2.38. The number of nitrogens with one attached hydrogen (secondary N) is 1. The van der Waals surface area contributed by atoms with Crippen LogP contribution in [0.5, 0.6) is 0 Å². The molecule has 0 bridgehead atoms. The van der Waals surface area contributed by atoms with Crippen LogP contribution in [0.15, 0.2) is 57.5 Å². The van der Waals surface area contributed by atoms with E-state index in [0.29, 0.717) is 13.0 Å². The standard InChI is InChI=1S/C15H13Br2NO/c16-13-7-5-11(6-8-13)9-15(19)18-10-12-3-1-2-4-14(12)17/h1-8H,9-10H2,(H,18,19). The topological polar surface area (TPSA) is 29.1 Å². The van der Waals surface area contributed by atoms with E-state index in [1.54, 1.807) is 0 Å². The first kappa shape index (κ1) is 14.3. The summed E-state index contributed by atoms with van der Waals surface area (Å²) in [4.78, 5) is 11.8. The summed E-state index contributed by atoms with van der Waals surface area (Å²) in [5.74, 6) is 0.0260. The van der Waals surface area contributed by atoms with Gasteiger partial charge in [-0.3, -0.25) is 4.79 Å². The van der Waals surface area contributed by atoms with E-state index in [-0.39, 0.29) is 5.91 Å². The van der Waals surface area contributed by atoms with E-state index in [9.17, 15) is 4.79 Å². The zero-order valence-corrected chi connectivity index (χ0v) is 13.4. The molecule has 19 heavy (non-hydrogen) atoms. The number of hydrogen-bond acceptors (Lipinski definition) is 1. The predicted molar refractivity (Wildman–Crippen MR) is 83.8 cm³/mol. The second-order valence-corrected chi connectivity index (χ2v) is 5.94. The number of amides is 1. The highest BCUT2D eigenvalue weighted by molar-refractivity contribution is 9.10. The van der Waals surface area contributed by atoms with Gasteiger partial charge in [-0.15, -0.1) is 0 Å². The Morgan fingerprint density at radius 1 is 1.00 bits per heavy atom. The van der Waals surface area contributed by atoms with Crippen LogP contribution in [0, 0.1) is 0 Å². The van der Waals surface area contributed by atoms with Crippen molar-refractivity contribution in [3.05, 3.63) is 68.6 Å². The first-order chi connectivity index (χ1) is 9.15. The van der Waals surface area contributed by atoms with E-state index in [1.165, 1.54) is 0 Å². The van der Waals surface area contributed by atoms with Crippen molar-refractivity contribution in [2.24, 2.45) is 0 Å². The minimum atomic E-state index is 0.0260. The molecule has 0 radical (unpaired) electrons. The molecule has 2 aromatic rings. The van der Waals surface area contributed by atoms with Crippen molar-refractivity contribution in [3.63, 3.8) is 0 Å². The SMILES string of the molecule is O=C(Cc1ccc(Br)cc1)NCc1ccccc1Br. The summed E-state index contributed by atoms with van der Waals surface area (Å²) in [5.41, 5.74) is 2.08. The van der Waals surface area contributed by atoms with Gasteiger partial charge in [-0.2, -0.15) is 0 Å². The van der Waals surface area contributed by atoms with Crippen LogP contribution in [0.2, 0.25) is 0 Å². The highest BCUT2D eigenvalue weighted by Gasteiger charge is 2.04. The molecule has 0 aromatic heterocycles. The van der Waals surface area contributed by atoms with Crippen LogP contribution in [0.1, 0.15) is 11.1 Å². The summed E-state index contributed by atoms with van der Waals surface area (Å²) >= 11 is 6.84. The molecule has 0 aliphatic carbocycles. The summed E-state index contributed by atoms with van der Waals surface area (Å²) in [5, 5.41) is 2.92. The Labute approximate surface area is 129 Å². The Balaban J connectivity index is 1.88. The Morgan fingerprint density at radius 3 is 2.37 bits per heavy atom. The van der Waals surface area contributed by atoms with Gasteiger partial charge in [0, 0.05) is 15.5 Å². The fraction of sp³-hybridized carbons (Fsp3) is 0.133. The van der Waals surface area contributed by atoms with E-state index >= 15 is 0 Å². The number of carbonyl (C=O) groups excluding carboxylic acids is 1. The average molecular weight is 383 g/mol. The molecule has 0 atom stereocenters. The van der Waals surface area contributed by atoms with Crippen molar-refractivity contribution in [1.29, 1.82) is 0 Å². The van der Waals surface area contributed by atoms with Gasteiger partial charge >= 0.3 is 0 Å². The van der Waals surface area contributed by atoms with Gasteiger partial charge in [-0.1, -0.05) is 62.2 Å². The lowest BCUT2D eigenvalue weighted by atomic mass is 10.1. The lowest BCUT2D eigenvalue weighted by molar-refractivity contribution is -0.120. The maximum absolute atomic E-state index is 11.8. The molecule has 98 valence electrons. The smallest absolute Gasteiger partial charge is 0.224 e. The highest BCUT2D eigenvalue weighted by atomic mass is 79.9. The van der Waals surface area contributed by atoms with Gasteiger partial charge in [0.1, 0.15) is 0 Å². The molecule has 1 N–H and O–H groups in total. The molecule has 0 fully saturated rings. The maximum Gasteiger partial charge on any atom is 0.224 e. The number of benzene rings is 2. The van der Waals surface area contributed by atoms with Crippen LogP contribution >= 0.6 is 31.9 Å². The van der Waals surface area contributed by atoms with Crippen molar-refractivity contribution in [2.45, 2.75) is 13.0 Å². The quantitative estimate of drug-likeness (QED) is 0.848. The second kappa shape index (κ2) is 6.87. The predicted octanol–water partition coefficient (Wildman–Crippen LogP) is 4.07. The average Bonchev–Trinajstić information content (AvgIpc) is 2.40. The molecule has 2 nitrogen and oxygen atoms in total. The molecular formula is C15H13Br2NO. The van der Waals surface area contributed by atoms with Crippen LogP contribution in [-0.4, -0.2) is 5.91 Å². The van der Waals surface area contributed by atoms with Crippen LogP contribution in [0.4, 0.5) is 0 Å². The van der Waals surface area contributed by atoms with Crippen LogP contribution in [0.3, 0.4) is 0 Å². The Kier molecular flexibility index (Phi) is 5.16. The molecule has 0 spiro atoms. The number of rotatable bonds is 4. The molecule has 0 aliphatic heterocycles. The van der Waals surface area contributed by atoms with Gasteiger partial charge in [0.25, 0.3) is 0 Å². The van der Waals surface area contributed by atoms with Gasteiger partial charge in [0.2, 0.25) is 5.91 Å². The Morgan fingerprint density at radius 2 is 1.68 bits per heavy atom. The zero-order valence-electron chi connectivity index (χ0n) is 10.2. The van der Waals surface area contributed by atoms with Gasteiger partial charge in [-0.05, 0) is 29.3 Å². The molecule has 0 aliphatic rings. The van der Waals surface area contributed by atoms with Crippen LogP contribution in [-0.2, 0) is 17.8 Å². The fourth-order valence-electron chi connectivity index (χ4n) is 1.69. The summed E-state index contributed by atoms with van der Waals surface area (Å²) < 4.78 is 2.03. The first-order valence-electron chi connectivity index (χ1n) is 5.90. The minimum Gasteiger partial charge on any atom is -0.352 e. The molecule has 1 amide bonds. The lowest BCUT2D eigenvalue weighted by Crippen LogP contribution is -2.24. The molecule has 0 saturated heterocycles. The van der Waals surface area contributed by atoms with E-state index in [1.807, 2.05) is 48.5 Å². The highest BCUT2D eigenvalue weighted by Crippen LogP contribution is 2.15. The van der Waals surface area contributed by atoms with Crippen molar-refractivity contribution in [3.8, 4) is 0 Å². The monoisotopic (exact) mass is 381 g/mol. The van der Waals surface area contributed by atoms with E-state index < -0.39 is 0 Å². The molecule has 0 unspecified atom stereocenters. The van der Waals surface area contributed by atoms with Crippen LogP contribution < -0.4 is 5.32 Å². The minimum absolute atomic E-state index is 0.0260. The van der Waals surface area contributed by atoms with Crippen LogP contribution in [0.25, 0.3) is 0 Å². The number of hydrogen-bond donors (Lipinski definition) is 1. The number of halogens is 2. The third-order valence-corrected chi connectivity index (χ3v) is 4.01. The zero-order chi connectivity index (χ0) is 13.7. The Bertz CT molecular complexity index is 567.